The number of aliphatic hydroxyl groups is 1. The van der Waals surface area contributed by atoms with Gasteiger partial charge in [0.2, 0.25) is 24.2 Å². The van der Waals surface area contributed by atoms with Crippen molar-refractivity contribution in [3.63, 3.8) is 0 Å². The minimum absolute atomic E-state index is 0.00584. The van der Waals surface area contributed by atoms with Crippen LogP contribution in [0.1, 0.15) is 102 Å². The highest BCUT2D eigenvalue weighted by atomic mass is 32.2. The van der Waals surface area contributed by atoms with Crippen molar-refractivity contribution in [3.8, 4) is 11.3 Å². The topological polar surface area (TPSA) is 152 Å². The zero-order chi connectivity index (χ0) is 44.1. The average Bonchev–Trinajstić information content (AvgIpc) is 3.71. The van der Waals surface area contributed by atoms with Gasteiger partial charge < -0.3 is 20.2 Å². The molecular formula is C44H61F3N10O4S. The number of anilines is 2. The normalized spacial score (nSPS) is 20.3. The number of aromatic nitrogens is 4. The van der Waals surface area contributed by atoms with E-state index in [1.807, 2.05) is 0 Å². The number of alkyl halides is 3. The van der Waals surface area contributed by atoms with Gasteiger partial charge in [-0.2, -0.15) is 18.3 Å². The van der Waals surface area contributed by atoms with E-state index in [-0.39, 0.29) is 47.5 Å². The van der Waals surface area contributed by atoms with Crippen molar-refractivity contribution >= 4 is 42.0 Å². The molecule has 2 aromatic heterocycles. The highest BCUT2D eigenvalue weighted by Gasteiger charge is 2.41. The van der Waals surface area contributed by atoms with Gasteiger partial charge in [-0.3, -0.25) is 24.4 Å². The second kappa shape index (κ2) is 19.6. The first-order valence-corrected chi connectivity index (χ1v) is 22.8. The molecule has 7 rings (SSSR count). The number of hydrogen-bond acceptors (Lipinski definition) is 12. The maximum atomic E-state index is 13.9. The molecule has 0 bridgehead atoms. The Morgan fingerprint density at radius 3 is 2.18 bits per heavy atom. The first-order valence-electron chi connectivity index (χ1n) is 22.1. The number of nitrogens with zero attached hydrogens (tertiary/aromatic N) is 8. The van der Waals surface area contributed by atoms with Crippen LogP contribution in [0, 0.1) is 11.3 Å². The molecule has 62 heavy (non-hydrogen) atoms. The van der Waals surface area contributed by atoms with Crippen LogP contribution in [-0.2, 0) is 27.1 Å². The van der Waals surface area contributed by atoms with Crippen molar-refractivity contribution < 1.29 is 32.7 Å². The summed E-state index contributed by atoms with van der Waals surface area (Å²) in [5.41, 5.74) is 0.633. The highest BCUT2D eigenvalue weighted by molar-refractivity contribution is 7.94. The SMILES string of the molecule is CC(CCC(=O)NC=O)c1ccc(N2CCC3(CCN(C(=O)C4CCN(SN5CCC(Nc6ncc(C(F)(F)F)c(-c7cnn(CC(C)(C)O)c7)n6)CC5)CC4)CC3)CC2)cc1. The third-order valence-corrected chi connectivity index (χ3v) is 14.4. The summed E-state index contributed by atoms with van der Waals surface area (Å²) in [7, 11) is 0. The number of halogens is 3. The van der Waals surface area contributed by atoms with Gasteiger partial charge in [-0.1, -0.05) is 19.1 Å². The number of amides is 3. The van der Waals surface area contributed by atoms with Crippen LogP contribution in [0.5, 0.6) is 0 Å². The molecule has 1 unspecified atom stereocenters. The third-order valence-electron chi connectivity index (χ3n) is 13.2. The zero-order valence-corrected chi connectivity index (χ0v) is 36.9. The van der Waals surface area contributed by atoms with Crippen molar-refractivity contribution in [2.24, 2.45) is 11.3 Å². The molecule has 14 nitrogen and oxygen atoms in total. The van der Waals surface area contributed by atoms with Gasteiger partial charge in [0.1, 0.15) is 5.56 Å². The molecule has 1 aromatic carbocycles. The van der Waals surface area contributed by atoms with Crippen LogP contribution < -0.4 is 15.5 Å². The molecule has 0 aliphatic carbocycles. The molecule has 4 saturated heterocycles. The van der Waals surface area contributed by atoms with E-state index in [0.717, 1.165) is 110 Å². The Hall–Kier alpha value is -4.26. The number of likely N-dealkylation sites (tertiary alicyclic amines) is 1. The van der Waals surface area contributed by atoms with Gasteiger partial charge in [0.25, 0.3) is 0 Å². The number of carbonyl (C=O) groups excluding carboxylic acids is 3. The number of rotatable bonds is 14. The van der Waals surface area contributed by atoms with Gasteiger partial charge in [0.15, 0.2) is 0 Å². The predicted octanol–water partition coefficient (Wildman–Crippen LogP) is 6.35. The molecule has 3 N–H and O–H groups in total. The first kappa shape index (κ1) is 45.8. The standard InChI is InChI=1S/C44H61F3N10O4S/c1-31(4-9-38(59)49-30-58)32-5-7-36(8-6-32)53-22-14-43(15-23-53)16-24-54(25-17-43)40(60)33-10-18-56(19-11-33)62-57-20-12-35(13-21-57)51-41-48-27-37(44(45,46)47)39(52-41)34-26-50-55(28-34)29-42(2,3)61/h5-8,26-28,30-31,33,35,61H,4,9-25,29H2,1-3H3,(H,48,51,52)(H,49,58,59). The number of piperidine rings is 4. The molecule has 4 aliphatic rings. The third kappa shape index (κ3) is 11.8. The lowest BCUT2D eigenvalue weighted by Gasteiger charge is -2.48. The van der Waals surface area contributed by atoms with Gasteiger partial charge in [0.05, 0.1) is 24.0 Å². The first-order chi connectivity index (χ1) is 29.6. The minimum Gasteiger partial charge on any atom is -0.389 e. The monoisotopic (exact) mass is 882 g/mol. The molecule has 0 radical (unpaired) electrons. The second-order valence-corrected chi connectivity index (χ2v) is 19.6. The number of carbonyl (C=O) groups is 3. The van der Waals surface area contributed by atoms with Crippen LogP contribution >= 0.6 is 12.1 Å². The highest BCUT2D eigenvalue weighted by Crippen LogP contribution is 2.43. The molecular weight excluding hydrogens is 822 g/mol. The molecule has 18 heteroatoms. The van der Waals surface area contributed by atoms with E-state index in [2.05, 4.69) is 75.3 Å². The lowest BCUT2D eigenvalue weighted by atomic mass is 9.71. The fourth-order valence-electron chi connectivity index (χ4n) is 9.32. The van der Waals surface area contributed by atoms with Crippen LogP contribution in [0.15, 0.2) is 42.9 Å². The summed E-state index contributed by atoms with van der Waals surface area (Å²) in [6.07, 6.45) is 8.03. The molecule has 3 aromatic rings. The fourth-order valence-corrected chi connectivity index (χ4v) is 10.4. The fraction of sp³-hybridized carbons (Fsp3) is 0.636. The Morgan fingerprint density at radius 2 is 1.56 bits per heavy atom. The largest absolute Gasteiger partial charge is 0.419 e. The van der Waals surface area contributed by atoms with Gasteiger partial charge in [-0.25, -0.2) is 18.6 Å². The molecule has 1 atom stereocenters. The molecule has 4 aliphatic heterocycles. The molecule has 6 heterocycles. The molecule has 3 amide bonds. The molecule has 338 valence electrons. The zero-order valence-electron chi connectivity index (χ0n) is 36.1. The van der Waals surface area contributed by atoms with E-state index < -0.39 is 17.3 Å². The van der Waals surface area contributed by atoms with Gasteiger partial charge in [-0.05, 0) is 101 Å². The van der Waals surface area contributed by atoms with Crippen LogP contribution in [0.3, 0.4) is 0 Å². The van der Waals surface area contributed by atoms with E-state index in [1.54, 1.807) is 26.0 Å². The van der Waals surface area contributed by atoms with Gasteiger partial charge in [-0.15, -0.1) is 0 Å². The maximum absolute atomic E-state index is 13.9. The Bertz CT molecular complexity index is 1980. The van der Waals surface area contributed by atoms with E-state index in [0.29, 0.717) is 30.6 Å². The molecule has 0 saturated carbocycles. The summed E-state index contributed by atoms with van der Waals surface area (Å²) in [6.45, 7) is 12.4. The van der Waals surface area contributed by atoms with Crippen LogP contribution in [0.4, 0.5) is 24.8 Å². The van der Waals surface area contributed by atoms with Crippen molar-refractivity contribution in [2.75, 3.05) is 62.6 Å². The summed E-state index contributed by atoms with van der Waals surface area (Å²) < 4.78 is 47.9. The van der Waals surface area contributed by atoms with Crippen molar-refractivity contribution in [1.82, 2.24) is 38.6 Å². The van der Waals surface area contributed by atoms with Crippen LogP contribution in [0.2, 0.25) is 0 Å². The lowest BCUT2D eigenvalue weighted by molar-refractivity contribution is -0.139. The van der Waals surface area contributed by atoms with Crippen molar-refractivity contribution in [2.45, 2.75) is 115 Å². The number of imide groups is 1. The Labute approximate surface area is 366 Å². The van der Waals surface area contributed by atoms with E-state index in [1.165, 1.54) is 28.3 Å². The summed E-state index contributed by atoms with van der Waals surface area (Å²) in [4.78, 5) is 48.8. The van der Waals surface area contributed by atoms with Gasteiger partial charge >= 0.3 is 6.18 Å². The van der Waals surface area contributed by atoms with Crippen molar-refractivity contribution in [1.29, 1.82) is 0 Å². The summed E-state index contributed by atoms with van der Waals surface area (Å²) in [5.74, 6) is 0.481. The summed E-state index contributed by atoms with van der Waals surface area (Å²) in [6, 6.07) is 8.68. The van der Waals surface area contributed by atoms with E-state index in [4.69, 9.17) is 0 Å². The smallest absolute Gasteiger partial charge is 0.389 e. The summed E-state index contributed by atoms with van der Waals surface area (Å²) >= 11 is 1.73. The van der Waals surface area contributed by atoms with E-state index >= 15 is 0 Å². The predicted molar refractivity (Wildman–Crippen MR) is 233 cm³/mol. The van der Waals surface area contributed by atoms with Crippen LogP contribution in [-0.4, -0.2) is 121 Å². The Kier molecular flexibility index (Phi) is 14.5. The van der Waals surface area contributed by atoms with Crippen molar-refractivity contribution in [3.05, 3.63) is 54.0 Å². The minimum atomic E-state index is -4.64. The number of benzene rings is 1. The summed E-state index contributed by atoms with van der Waals surface area (Å²) in [5, 5.41) is 19.7. The van der Waals surface area contributed by atoms with Gasteiger partial charge in [0, 0.05) is 107 Å². The second-order valence-electron chi connectivity index (χ2n) is 18.4. The average molecular weight is 883 g/mol. The quantitative estimate of drug-likeness (QED) is 0.122. The Balaban J connectivity index is 0.806. The molecule has 4 fully saturated rings. The number of hydrogen-bond donors (Lipinski definition) is 3. The van der Waals surface area contributed by atoms with E-state index in [9.17, 15) is 32.7 Å². The maximum Gasteiger partial charge on any atom is 0.419 e. The lowest BCUT2D eigenvalue weighted by Crippen LogP contribution is -2.50. The Morgan fingerprint density at radius 1 is 0.935 bits per heavy atom. The number of nitrogens with one attached hydrogen (secondary N) is 2. The van der Waals surface area contributed by atoms with Crippen LogP contribution in [0.25, 0.3) is 11.3 Å². The molecule has 1 spiro atoms.